The predicted octanol–water partition coefficient (Wildman–Crippen LogP) is 2.96. The maximum Gasteiger partial charge on any atom is 0.234 e. The third-order valence-electron chi connectivity index (χ3n) is 3.71. The van der Waals surface area contributed by atoms with E-state index in [0.29, 0.717) is 5.16 Å². The summed E-state index contributed by atoms with van der Waals surface area (Å²) in [7, 11) is 1.61. The molecule has 0 atom stereocenters. The molecule has 0 saturated heterocycles. The van der Waals surface area contributed by atoms with Gasteiger partial charge in [-0.1, -0.05) is 30.8 Å². The topological polar surface area (TPSA) is 81.9 Å². The maximum atomic E-state index is 12.2. The zero-order valence-corrected chi connectivity index (χ0v) is 15.4. The molecule has 1 aromatic heterocycles. The lowest BCUT2D eigenvalue weighted by Gasteiger charge is -2.07. The molecule has 3 aromatic rings. The summed E-state index contributed by atoms with van der Waals surface area (Å²) in [6, 6.07) is 15.2. The Bertz CT molecular complexity index is 879. The number of amides is 1. The molecule has 2 aromatic carbocycles. The van der Waals surface area contributed by atoms with Crippen molar-refractivity contribution in [2.24, 2.45) is 0 Å². The summed E-state index contributed by atoms with van der Waals surface area (Å²) in [5.74, 6) is 0.865. The number of benzene rings is 2. The van der Waals surface area contributed by atoms with Crippen LogP contribution in [0.4, 0.5) is 5.69 Å². The SMILES string of the molecule is CCc1cccc(NC(=O)CSc2nnnn2-c2ccc(OC)cc2)c1. The molecule has 8 heteroatoms. The lowest BCUT2D eigenvalue weighted by molar-refractivity contribution is -0.113. The highest BCUT2D eigenvalue weighted by molar-refractivity contribution is 7.99. The second kappa shape index (κ2) is 8.48. The Hall–Kier alpha value is -2.87. The summed E-state index contributed by atoms with van der Waals surface area (Å²) >= 11 is 1.28. The van der Waals surface area contributed by atoms with E-state index in [9.17, 15) is 4.79 Å². The number of ether oxygens (including phenoxy) is 1. The smallest absolute Gasteiger partial charge is 0.234 e. The van der Waals surface area contributed by atoms with Gasteiger partial charge in [0, 0.05) is 5.69 Å². The summed E-state index contributed by atoms with van der Waals surface area (Å²) in [4.78, 5) is 12.2. The minimum Gasteiger partial charge on any atom is -0.497 e. The normalized spacial score (nSPS) is 10.5. The molecule has 7 nitrogen and oxygen atoms in total. The lowest BCUT2D eigenvalue weighted by atomic mass is 10.1. The van der Waals surface area contributed by atoms with Gasteiger partial charge < -0.3 is 10.1 Å². The Balaban J connectivity index is 1.63. The van der Waals surface area contributed by atoms with Crippen molar-refractivity contribution in [1.29, 1.82) is 0 Å². The first kappa shape index (κ1) is 17.9. The fourth-order valence-electron chi connectivity index (χ4n) is 2.35. The van der Waals surface area contributed by atoms with Gasteiger partial charge in [0.25, 0.3) is 0 Å². The summed E-state index contributed by atoms with van der Waals surface area (Å²) in [5.41, 5.74) is 2.78. The van der Waals surface area contributed by atoms with Gasteiger partial charge in [-0.25, -0.2) is 0 Å². The van der Waals surface area contributed by atoms with Crippen LogP contribution >= 0.6 is 11.8 Å². The van der Waals surface area contributed by atoms with E-state index in [4.69, 9.17) is 4.74 Å². The lowest BCUT2D eigenvalue weighted by Crippen LogP contribution is -2.14. The molecule has 3 rings (SSSR count). The van der Waals surface area contributed by atoms with Crippen LogP contribution in [0.1, 0.15) is 12.5 Å². The van der Waals surface area contributed by atoms with Gasteiger partial charge in [-0.3, -0.25) is 4.79 Å². The van der Waals surface area contributed by atoms with Crippen LogP contribution in [0, 0.1) is 0 Å². The van der Waals surface area contributed by atoms with Gasteiger partial charge in [0.15, 0.2) is 0 Å². The Kier molecular flexibility index (Phi) is 5.85. The monoisotopic (exact) mass is 369 g/mol. The number of carbonyl (C=O) groups is 1. The fourth-order valence-corrected chi connectivity index (χ4v) is 3.04. The van der Waals surface area contributed by atoms with Crippen molar-refractivity contribution in [3.05, 3.63) is 54.1 Å². The Morgan fingerprint density at radius 1 is 1.23 bits per heavy atom. The minimum absolute atomic E-state index is 0.104. The van der Waals surface area contributed by atoms with Crippen LogP contribution in [-0.2, 0) is 11.2 Å². The molecule has 134 valence electrons. The predicted molar refractivity (Wildman–Crippen MR) is 101 cm³/mol. The van der Waals surface area contributed by atoms with E-state index >= 15 is 0 Å². The van der Waals surface area contributed by atoms with Crippen molar-refractivity contribution in [1.82, 2.24) is 20.2 Å². The van der Waals surface area contributed by atoms with Crippen molar-refractivity contribution in [3.63, 3.8) is 0 Å². The molecule has 1 N–H and O–H groups in total. The molecule has 0 spiro atoms. The number of nitrogens with zero attached hydrogens (tertiary/aromatic N) is 4. The average molecular weight is 369 g/mol. The Morgan fingerprint density at radius 2 is 2.04 bits per heavy atom. The van der Waals surface area contributed by atoms with Crippen molar-refractivity contribution in [2.75, 3.05) is 18.2 Å². The van der Waals surface area contributed by atoms with Gasteiger partial charge in [0.05, 0.1) is 18.6 Å². The highest BCUT2D eigenvalue weighted by atomic mass is 32.2. The first-order valence-electron chi connectivity index (χ1n) is 8.14. The first-order chi connectivity index (χ1) is 12.7. The van der Waals surface area contributed by atoms with Crippen LogP contribution in [0.25, 0.3) is 5.69 Å². The number of hydrogen-bond acceptors (Lipinski definition) is 6. The largest absolute Gasteiger partial charge is 0.497 e. The fraction of sp³-hybridized carbons (Fsp3) is 0.222. The van der Waals surface area contributed by atoms with Crippen molar-refractivity contribution >= 4 is 23.4 Å². The summed E-state index contributed by atoms with van der Waals surface area (Å²) in [6.07, 6.45) is 0.926. The third-order valence-corrected chi connectivity index (χ3v) is 4.63. The summed E-state index contributed by atoms with van der Waals surface area (Å²) < 4.78 is 6.74. The van der Waals surface area contributed by atoms with E-state index in [2.05, 4.69) is 27.8 Å². The number of carbonyl (C=O) groups excluding carboxylic acids is 1. The maximum absolute atomic E-state index is 12.2. The van der Waals surface area contributed by atoms with Gasteiger partial charge >= 0.3 is 0 Å². The zero-order chi connectivity index (χ0) is 18.4. The van der Waals surface area contributed by atoms with E-state index in [1.54, 1.807) is 11.8 Å². The van der Waals surface area contributed by atoms with E-state index in [1.807, 2.05) is 48.5 Å². The van der Waals surface area contributed by atoms with Crippen molar-refractivity contribution in [3.8, 4) is 11.4 Å². The van der Waals surface area contributed by atoms with Gasteiger partial charge in [-0.2, -0.15) is 4.68 Å². The quantitative estimate of drug-likeness (QED) is 0.645. The third kappa shape index (κ3) is 4.40. The van der Waals surface area contributed by atoms with Crippen molar-refractivity contribution in [2.45, 2.75) is 18.5 Å². The number of aromatic nitrogens is 4. The second-order valence-electron chi connectivity index (χ2n) is 5.46. The summed E-state index contributed by atoms with van der Waals surface area (Å²) in [5, 5.41) is 15.1. The Morgan fingerprint density at radius 3 is 2.77 bits per heavy atom. The number of hydrogen-bond donors (Lipinski definition) is 1. The average Bonchev–Trinajstić information content (AvgIpc) is 3.15. The molecule has 0 aliphatic heterocycles. The molecule has 0 fully saturated rings. The van der Waals surface area contributed by atoms with Gasteiger partial charge in [0.1, 0.15) is 5.75 Å². The molecular formula is C18H19N5O2S. The van der Waals surface area contributed by atoms with Crippen LogP contribution in [0.3, 0.4) is 0 Å². The number of methoxy groups -OCH3 is 1. The molecule has 0 aliphatic rings. The first-order valence-corrected chi connectivity index (χ1v) is 9.12. The van der Waals surface area contributed by atoms with E-state index < -0.39 is 0 Å². The molecule has 1 heterocycles. The number of nitrogens with one attached hydrogen (secondary N) is 1. The minimum atomic E-state index is -0.104. The standard InChI is InChI=1S/C18H19N5O2S/c1-3-13-5-4-6-14(11-13)19-17(24)12-26-18-20-21-22-23(18)15-7-9-16(25-2)10-8-15/h4-11H,3,12H2,1-2H3,(H,19,24). The molecule has 1 amide bonds. The van der Waals surface area contributed by atoms with E-state index in [1.165, 1.54) is 17.3 Å². The molecule has 0 saturated carbocycles. The van der Waals surface area contributed by atoms with Gasteiger partial charge in [-0.15, -0.1) is 5.10 Å². The zero-order valence-electron chi connectivity index (χ0n) is 14.5. The van der Waals surface area contributed by atoms with Crippen LogP contribution < -0.4 is 10.1 Å². The number of rotatable bonds is 7. The molecule has 0 unspecified atom stereocenters. The second-order valence-corrected chi connectivity index (χ2v) is 6.40. The van der Waals surface area contributed by atoms with Gasteiger partial charge in [-0.05, 0) is 58.8 Å². The highest BCUT2D eigenvalue weighted by Crippen LogP contribution is 2.20. The molecule has 0 aliphatic carbocycles. The molecule has 26 heavy (non-hydrogen) atoms. The molecular weight excluding hydrogens is 350 g/mol. The number of anilines is 1. The van der Waals surface area contributed by atoms with Crippen LogP contribution in [-0.4, -0.2) is 39.0 Å². The van der Waals surface area contributed by atoms with Crippen LogP contribution in [0.15, 0.2) is 53.7 Å². The molecule has 0 radical (unpaired) electrons. The van der Waals surface area contributed by atoms with E-state index in [0.717, 1.165) is 23.5 Å². The summed E-state index contributed by atoms with van der Waals surface area (Å²) in [6.45, 7) is 2.08. The van der Waals surface area contributed by atoms with E-state index in [-0.39, 0.29) is 11.7 Å². The van der Waals surface area contributed by atoms with Gasteiger partial charge in [0.2, 0.25) is 11.1 Å². The Labute approximate surface area is 155 Å². The number of aryl methyl sites for hydroxylation is 1. The molecule has 0 bridgehead atoms. The number of thioether (sulfide) groups is 1. The van der Waals surface area contributed by atoms with Crippen molar-refractivity contribution < 1.29 is 9.53 Å². The highest BCUT2D eigenvalue weighted by Gasteiger charge is 2.12. The number of tetrazole rings is 1. The van der Waals surface area contributed by atoms with Crippen LogP contribution in [0.2, 0.25) is 0 Å². The van der Waals surface area contributed by atoms with Crippen LogP contribution in [0.5, 0.6) is 5.75 Å².